The number of para-hydroxylation sites is 1. The first kappa shape index (κ1) is 27.7. The van der Waals surface area contributed by atoms with Crippen molar-refractivity contribution >= 4 is 42.1 Å². The zero-order chi connectivity index (χ0) is 27.0. The quantitative estimate of drug-likeness (QED) is 0.212. The molecule has 0 bridgehead atoms. The van der Waals surface area contributed by atoms with Gasteiger partial charge in [0.2, 0.25) is 0 Å². The van der Waals surface area contributed by atoms with Crippen molar-refractivity contribution in [3.8, 4) is 0 Å². The third kappa shape index (κ3) is 6.86. The highest BCUT2D eigenvalue weighted by Gasteiger charge is 2.25. The number of benzene rings is 2. The molecule has 2 aromatic carbocycles. The van der Waals surface area contributed by atoms with Crippen molar-refractivity contribution in [2.45, 2.75) is 38.5 Å². The number of fused-ring (bicyclic) bond motifs is 1. The molecule has 37 heavy (non-hydrogen) atoms. The molecule has 7 nitrogen and oxygen atoms in total. The third-order valence-electron chi connectivity index (χ3n) is 6.35. The van der Waals surface area contributed by atoms with Gasteiger partial charge in [-0.05, 0) is 37.1 Å². The fourth-order valence-electron chi connectivity index (χ4n) is 4.27. The lowest BCUT2D eigenvalue weighted by molar-refractivity contribution is -0.112. The Morgan fingerprint density at radius 1 is 1.00 bits per heavy atom. The van der Waals surface area contributed by atoms with Crippen LogP contribution in [-0.2, 0) is 20.7 Å². The van der Waals surface area contributed by atoms with Crippen molar-refractivity contribution in [1.29, 1.82) is 0 Å². The summed E-state index contributed by atoms with van der Waals surface area (Å²) in [6, 6.07) is 18.4. The lowest BCUT2D eigenvalue weighted by Gasteiger charge is -2.26. The van der Waals surface area contributed by atoms with Gasteiger partial charge < -0.3 is 9.47 Å². The van der Waals surface area contributed by atoms with E-state index in [4.69, 9.17) is 9.47 Å². The van der Waals surface area contributed by atoms with E-state index in [1.165, 1.54) is 48.1 Å². The van der Waals surface area contributed by atoms with Crippen molar-refractivity contribution in [2.75, 3.05) is 14.2 Å². The van der Waals surface area contributed by atoms with Crippen LogP contribution in [0, 0.1) is 0 Å². The number of carbonyl (C=O) groups excluding carboxylic acids is 3. The Kier molecular flexibility index (Phi) is 9.24. The minimum Gasteiger partial charge on any atom is -0.452 e. The molecule has 8 heteroatoms. The average Bonchev–Trinajstić information content (AvgIpc) is 3.26. The molecule has 0 aliphatic rings. The Labute approximate surface area is 219 Å². The topological polar surface area (TPSA) is 77.8 Å². The van der Waals surface area contributed by atoms with Crippen LogP contribution in [0.1, 0.15) is 12.5 Å². The van der Waals surface area contributed by atoms with Gasteiger partial charge in [-0.25, -0.2) is 9.59 Å². The van der Waals surface area contributed by atoms with Gasteiger partial charge in [-0.1, -0.05) is 79.0 Å². The molecule has 3 aromatic rings. The summed E-state index contributed by atoms with van der Waals surface area (Å²) in [5.41, 5.74) is 1.58. The number of methoxy groups -OCH3 is 2. The summed E-state index contributed by atoms with van der Waals surface area (Å²) in [7, 11) is 0.888. The molecule has 1 amide bonds. The van der Waals surface area contributed by atoms with Gasteiger partial charge in [0.05, 0.1) is 33.9 Å². The van der Waals surface area contributed by atoms with E-state index in [1.54, 1.807) is 6.20 Å². The first-order valence-corrected chi connectivity index (χ1v) is 15.3. The maximum atomic E-state index is 12.8. The van der Waals surface area contributed by atoms with Crippen LogP contribution in [0.25, 0.3) is 10.9 Å². The number of ether oxygens (including phenoxy) is 2. The molecule has 0 N–H and O–H groups in total. The minimum atomic E-state index is -1.76. The summed E-state index contributed by atoms with van der Waals surface area (Å²) < 4.78 is 11.5. The number of nitrogens with zero attached hydrogens (tertiary/aromatic N) is 2. The lowest BCUT2D eigenvalue weighted by Crippen LogP contribution is -2.40. The second-order valence-electron chi connectivity index (χ2n) is 9.47. The predicted molar refractivity (Wildman–Crippen MR) is 149 cm³/mol. The maximum Gasteiger partial charge on any atom is 0.418 e. The molecule has 0 spiro atoms. The predicted octanol–water partition coefficient (Wildman–Crippen LogP) is 5.51. The van der Waals surface area contributed by atoms with Gasteiger partial charge >= 0.3 is 12.2 Å². The number of aromatic nitrogens is 1. The van der Waals surface area contributed by atoms with Crippen LogP contribution >= 0.6 is 0 Å². The van der Waals surface area contributed by atoms with Crippen LogP contribution in [0.15, 0.2) is 85.2 Å². The van der Waals surface area contributed by atoms with E-state index in [0.717, 1.165) is 17.0 Å². The molecule has 3 rings (SSSR count). The summed E-state index contributed by atoms with van der Waals surface area (Å²) in [5, 5.41) is 2.23. The second-order valence-corrected chi connectivity index (χ2v) is 14.2. The number of amides is 1. The summed E-state index contributed by atoms with van der Waals surface area (Å²) in [4.78, 5) is 38.3. The standard InChI is InChI=1S/C29H34N2O5Si/c1-22(32)17-18-30(28(33)35-2)24(12-11-19-37(4,5)25-13-7-6-8-14-25)20-23-21-31(29(34)36-3)27-16-10-9-15-26(23)27/h6-18,21,24H,19-20H2,1-5H3/b12-11+,18-17+/t24-/m1/s1. The highest BCUT2D eigenvalue weighted by Crippen LogP contribution is 2.25. The lowest BCUT2D eigenvalue weighted by atomic mass is 10.0. The number of carbonyl (C=O) groups is 3. The van der Waals surface area contributed by atoms with Crippen molar-refractivity contribution < 1.29 is 23.9 Å². The van der Waals surface area contributed by atoms with Crippen molar-refractivity contribution in [3.63, 3.8) is 0 Å². The zero-order valence-corrected chi connectivity index (χ0v) is 23.0. The highest BCUT2D eigenvalue weighted by molar-refractivity contribution is 6.90. The largest absolute Gasteiger partial charge is 0.452 e. The zero-order valence-electron chi connectivity index (χ0n) is 22.0. The summed E-state index contributed by atoms with van der Waals surface area (Å²) in [6.45, 7) is 6.04. The van der Waals surface area contributed by atoms with E-state index >= 15 is 0 Å². The van der Waals surface area contributed by atoms with Gasteiger partial charge in [-0.2, -0.15) is 0 Å². The molecule has 0 aliphatic carbocycles. The van der Waals surface area contributed by atoms with Crippen molar-refractivity contribution in [2.24, 2.45) is 0 Å². The van der Waals surface area contributed by atoms with E-state index in [9.17, 15) is 14.4 Å². The molecule has 0 unspecified atom stereocenters. The van der Waals surface area contributed by atoms with Crippen LogP contribution in [0.5, 0.6) is 0 Å². The number of allylic oxidation sites excluding steroid dienone is 2. The SMILES string of the molecule is COC(=O)N(/C=C/C(C)=O)[C@H](/C=C/C[Si](C)(C)c1ccccc1)Cc1cn(C(=O)OC)c2ccccc12. The summed E-state index contributed by atoms with van der Waals surface area (Å²) >= 11 is 0. The van der Waals surface area contributed by atoms with Crippen LogP contribution < -0.4 is 5.19 Å². The molecule has 0 aliphatic heterocycles. The molecule has 0 saturated heterocycles. The first-order valence-electron chi connectivity index (χ1n) is 12.1. The van der Waals surface area contributed by atoms with E-state index in [0.29, 0.717) is 11.9 Å². The Balaban J connectivity index is 2.02. The Bertz CT molecular complexity index is 1310. The highest BCUT2D eigenvalue weighted by atomic mass is 28.3. The fourth-order valence-corrected chi connectivity index (χ4v) is 6.33. The number of hydrogen-bond donors (Lipinski definition) is 0. The molecule has 1 heterocycles. The van der Waals surface area contributed by atoms with Crippen molar-refractivity contribution in [1.82, 2.24) is 9.47 Å². The molecule has 0 fully saturated rings. The molecule has 1 aromatic heterocycles. The normalized spacial score (nSPS) is 12.7. The summed E-state index contributed by atoms with van der Waals surface area (Å²) in [6.07, 6.45) is 7.97. The second kappa shape index (κ2) is 12.4. The van der Waals surface area contributed by atoms with Crippen LogP contribution in [-0.4, -0.2) is 55.8 Å². The van der Waals surface area contributed by atoms with Gasteiger partial charge in [-0.3, -0.25) is 14.3 Å². The summed E-state index contributed by atoms with van der Waals surface area (Å²) in [5.74, 6) is -0.184. The molecule has 194 valence electrons. The Morgan fingerprint density at radius 2 is 1.68 bits per heavy atom. The van der Waals surface area contributed by atoms with Gasteiger partial charge in [0, 0.05) is 17.8 Å². The molecule has 0 saturated carbocycles. The molecule has 0 radical (unpaired) electrons. The van der Waals surface area contributed by atoms with E-state index < -0.39 is 26.3 Å². The molecule has 1 atom stereocenters. The molecular weight excluding hydrogens is 484 g/mol. The fraction of sp³-hybridized carbons (Fsp3) is 0.276. The number of ketones is 1. The van der Waals surface area contributed by atoms with Gasteiger partial charge in [0.15, 0.2) is 5.78 Å². The molecular formula is C29H34N2O5Si. The van der Waals surface area contributed by atoms with Crippen LogP contribution in [0.4, 0.5) is 9.59 Å². The van der Waals surface area contributed by atoms with E-state index in [2.05, 4.69) is 43.4 Å². The average molecular weight is 519 g/mol. The third-order valence-corrected chi connectivity index (χ3v) is 9.50. The van der Waals surface area contributed by atoms with Gasteiger partial charge in [-0.15, -0.1) is 0 Å². The maximum absolute atomic E-state index is 12.8. The monoisotopic (exact) mass is 518 g/mol. The Morgan fingerprint density at radius 3 is 2.32 bits per heavy atom. The number of hydrogen-bond acceptors (Lipinski definition) is 5. The first-order chi connectivity index (χ1) is 17.7. The Hall–Kier alpha value is -3.91. The number of rotatable bonds is 9. The van der Waals surface area contributed by atoms with Crippen LogP contribution in [0.2, 0.25) is 19.1 Å². The smallest absolute Gasteiger partial charge is 0.418 e. The minimum absolute atomic E-state index is 0.184. The van der Waals surface area contributed by atoms with Gasteiger partial charge in [0.1, 0.15) is 0 Å². The van der Waals surface area contributed by atoms with Crippen molar-refractivity contribution in [3.05, 3.63) is 90.8 Å². The van der Waals surface area contributed by atoms with E-state index in [-0.39, 0.29) is 5.78 Å². The van der Waals surface area contributed by atoms with Gasteiger partial charge in [0.25, 0.3) is 0 Å². The van der Waals surface area contributed by atoms with E-state index in [1.807, 2.05) is 36.4 Å². The van der Waals surface area contributed by atoms with Crippen LogP contribution in [0.3, 0.4) is 0 Å².